The van der Waals surface area contributed by atoms with Crippen LogP contribution in [0.3, 0.4) is 0 Å². The van der Waals surface area contributed by atoms with Gasteiger partial charge >= 0.3 is 32.7 Å². The molecule has 0 rings (SSSR count). The summed E-state index contributed by atoms with van der Waals surface area (Å²) < 4.78 is 0. The van der Waals surface area contributed by atoms with Gasteiger partial charge in [0.25, 0.3) is 0 Å². The maximum absolute atomic E-state index is 3.75. The van der Waals surface area contributed by atoms with Crippen molar-refractivity contribution in [1.29, 1.82) is 0 Å². The molecule has 0 fully saturated rings. The van der Waals surface area contributed by atoms with Crippen LogP contribution in [-0.4, -0.2) is 0 Å². The van der Waals surface area contributed by atoms with Gasteiger partial charge in [-0.2, -0.15) is 19.3 Å². The third kappa shape index (κ3) is 16.0. The van der Waals surface area contributed by atoms with Crippen LogP contribution in [0.1, 0.15) is 34.1 Å². The summed E-state index contributed by atoms with van der Waals surface area (Å²) in [5, 5.41) is 0. The molecule has 1 atom stereocenters. The predicted octanol–water partition coefficient (Wildman–Crippen LogP) is 3.54. The normalized spacial score (nSPS) is 9.90. The molecule has 0 aliphatic heterocycles. The summed E-state index contributed by atoms with van der Waals surface area (Å²) in [5.74, 6) is 0.762. The van der Waals surface area contributed by atoms with Crippen molar-refractivity contribution in [3.63, 3.8) is 0 Å². The van der Waals surface area contributed by atoms with Crippen LogP contribution in [0.25, 0.3) is 0 Å². The molecule has 60 valence electrons. The summed E-state index contributed by atoms with van der Waals surface area (Å²) in [5.41, 5.74) is 0. The zero-order chi connectivity index (χ0) is 5.70. The van der Waals surface area contributed by atoms with Gasteiger partial charge in [-0.25, -0.2) is 0 Å². The second kappa shape index (κ2) is 16.6. The Labute approximate surface area is 93.1 Å². The Morgan fingerprint density at radius 3 is 2.00 bits per heavy atom. The summed E-state index contributed by atoms with van der Waals surface area (Å²) in [6, 6.07) is 0. The molecule has 0 saturated heterocycles. The van der Waals surface area contributed by atoms with Crippen LogP contribution in [0.15, 0.2) is 0 Å². The molecule has 0 aliphatic carbocycles. The molecule has 0 N–H and O–H groups in total. The summed E-state index contributed by atoms with van der Waals surface area (Å²) in [4.78, 5) is 0. The van der Waals surface area contributed by atoms with E-state index >= 15 is 0 Å². The minimum atomic E-state index is 0. The van der Waals surface area contributed by atoms with E-state index in [9.17, 15) is 0 Å². The first kappa shape index (κ1) is 22.5. The molecule has 0 nitrogen and oxygen atoms in total. The Morgan fingerprint density at radius 2 is 1.90 bits per heavy atom. The first-order valence-electron chi connectivity index (χ1n) is 2.90. The van der Waals surface area contributed by atoms with Crippen molar-refractivity contribution in [2.75, 3.05) is 0 Å². The Morgan fingerprint density at radius 1 is 1.50 bits per heavy atom. The molecule has 10 heavy (non-hydrogen) atoms. The van der Waals surface area contributed by atoms with Gasteiger partial charge < -0.3 is 20.8 Å². The van der Waals surface area contributed by atoms with E-state index in [1.807, 2.05) is 0 Å². The Bertz CT molecular complexity index is 35.7. The summed E-state index contributed by atoms with van der Waals surface area (Å²) in [6.45, 7) is 8.06. The summed E-state index contributed by atoms with van der Waals surface area (Å²) in [7, 11) is 0. The topological polar surface area (TPSA) is 0 Å². The quantitative estimate of drug-likeness (QED) is 0.635. The summed E-state index contributed by atoms with van der Waals surface area (Å²) in [6.07, 6.45) is 4.51. The van der Waals surface area contributed by atoms with Crippen molar-refractivity contribution in [3.05, 3.63) is 20.8 Å². The van der Waals surface area contributed by atoms with Gasteiger partial charge in [-0.05, 0) is 0 Å². The minimum absolute atomic E-state index is 0. The molecule has 0 heterocycles. The van der Waals surface area contributed by atoms with E-state index in [2.05, 4.69) is 27.2 Å². The maximum atomic E-state index is 3.75. The molecule has 0 radical (unpaired) electrons. The summed E-state index contributed by atoms with van der Waals surface area (Å²) >= 11 is 0. The molecule has 1 unspecified atom stereocenters. The molecule has 0 amide bonds. The molecular formula is C9H21Y. The zero-order valence-electron chi connectivity index (χ0n) is 6.85. The second-order valence-electron chi connectivity index (χ2n) is 1.95. The Balaban J connectivity index is -0.0000000600. The van der Waals surface area contributed by atoms with Gasteiger partial charge in [0.15, 0.2) is 0 Å². The molecular weight excluding hydrogens is 197 g/mol. The van der Waals surface area contributed by atoms with Crippen molar-refractivity contribution < 1.29 is 32.7 Å². The standard InChI is InChI=1S/C7H14.CH4.CH3.Y/c1-4-6-7(3)5-2;;;/h5,7H,1,4,6H2,2-3H3;1H4;1H3;/q-2;;-1;+3. The fraction of sp³-hybridized carbons (Fsp3) is 0.667. The van der Waals surface area contributed by atoms with Crippen LogP contribution in [0.2, 0.25) is 0 Å². The molecule has 0 aliphatic rings. The van der Waals surface area contributed by atoms with Crippen molar-refractivity contribution >= 4 is 0 Å². The first-order chi connectivity index (χ1) is 3.31. The second-order valence-corrected chi connectivity index (χ2v) is 1.95. The van der Waals surface area contributed by atoms with E-state index in [1.54, 1.807) is 0 Å². The largest absolute Gasteiger partial charge is 3.00 e. The van der Waals surface area contributed by atoms with E-state index in [4.69, 9.17) is 0 Å². The van der Waals surface area contributed by atoms with Crippen LogP contribution >= 0.6 is 0 Å². The van der Waals surface area contributed by atoms with Crippen LogP contribution in [0.4, 0.5) is 0 Å². The van der Waals surface area contributed by atoms with Gasteiger partial charge in [-0.15, -0.1) is 6.42 Å². The van der Waals surface area contributed by atoms with E-state index in [0.717, 1.165) is 12.3 Å². The molecule has 0 spiro atoms. The van der Waals surface area contributed by atoms with E-state index < -0.39 is 0 Å². The van der Waals surface area contributed by atoms with Crippen molar-refractivity contribution in [2.24, 2.45) is 5.92 Å². The molecule has 1 heteroatoms. The van der Waals surface area contributed by atoms with Gasteiger partial charge in [0.1, 0.15) is 0 Å². The number of hydrogen-bond acceptors (Lipinski definition) is 0. The van der Waals surface area contributed by atoms with Gasteiger partial charge in [-0.1, -0.05) is 14.4 Å². The van der Waals surface area contributed by atoms with E-state index in [0.29, 0.717) is 0 Å². The third-order valence-electron chi connectivity index (χ3n) is 1.23. The molecule has 0 aromatic rings. The maximum Gasteiger partial charge on any atom is 3.00 e. The zero-order valence-corrected chi connectivity index (χ0v) is 9.69. The van der Waals surface area contributed by atoms with Gasteiger partial charge in [-0.3, -0.25) is 0 Å². The van der Waals surface area contributed by atoms with Gasteiger partial charge in [0.05, 0.1) is 0 Å². The fourth-order valence-corrected chi connectivity index (χ4v) is 0.489. The van der Waals surface area contributed by atoms with Crippen molar-refractivity contribution in [2.45, 2.75) is 34.1 Å². The van der Waals surface area contributed by atoms with Crippen molar-refractivity contribution in [1.82, 2.24) is 0 Å². The van der Waals surface area contributed by atoms with Crippen LogP contribution in [-0.2, 0) is 32.7 Å². The monoisotopic (exact) mass is 218 g/mol. The molecule has 0 saturated carbocycles. The Kier molecular flexibility index (Phi) is 37.3. The van der Waals surface area contributed by atoms with Gasteiger partial charge in [0, 0.05) is 0 Å². The van der Waals surface area contributed by atoms with E-state index in [1.165, 1.54) is 6.42 Å². The average Bonchev–Trinajstić information content (AvgIpc) is 1.68. The van der Waals surface area contributed by atoms with Crippen LogP contribution in [0.5, 0.6) is 0 Å². The minimum Gasteiger partial charge on any atom is -0.358 e. The predicted molar refractivity (Wildman–Crippen MR) is 46.9 cm³/mol. The fourth-order valence-electron chi connectivity index (χ4n) is 0.489. The number of hydrogen-bond donors (Lipinski definition) is 0. The smallest absolute Gasteiger partial charge is 0.358 e. The van der Waals surface area contributed by atoms with E-state index in [-0.39, 0.29) is 47.6 Å². The third-order valence-corrected chi connectivity index (χ3v) is 1.23. The van der Waals surface area contributed by atoms with Crippen LogP contribution in [0, 0.1) is 26.7 Å². The first-order valence-corrected chi connectivity index (χ1v) is 2.90. The van der Waals surface area contributed by atoms with Gasteiger partial charge in [0.2, 0.25) is 0 Å². The number of rotatable bonds is 3. The average molecular weight is 218 g/mol. The van der Waals surface area contributed by atoms with Crippen LogP contribution < -0.4 is 0 Å². The Hall–Kier alpha value is 1.10. The SMILES string of the molecule is C.[CH2-]CCC(C)[CH-]C.[CH3-].[Y+3]. The molecule has 0 bridgehead atoms. The molecule has 0 aromatic heterocycles. The van der Waals surface area contributed by atoms with Crippen molar-refractivity contribution in [3.8, 4) is 0 Å². The molecule has 0 aromatic carbocycles.